The van der Waals surface area contributed by atoms with Crippen LogP contribution >= 0.6 is 0 Å². The first-order chi connectivity index (χ1) is 13.4. The molecule has 0 unspecified atom stereocenters. The molecule has 1 aliphatic rings. The lowest BCUT2D eigenvalue weighted by molar-refractivity contribution is 0.0627. The lowest BCUT2D eigenvalue weighted by Crippen LogP contribution is -2.48. The predicted molar refractivity (Wildman–Crippen MR) is 105 cm³/mol. The van der Waals surface area contributed by atoms with Crippen LogP contribution in [0.15, 0.2) is 53.4 Å². The van der Waals surface area contributed by atoms with Crippen LogP contribution in [0.3, 0.4) is 0 Å². The minimum atomic E-state index is -3.53. The summed E-state index contributed by atoms with van der Waals surface area (Å²) < 4.78 is 40.2. The van der Waals surface area contributed by atoms with E-state index >= 15 is 0 Å². The average molecular weight is 405 g/mol. The number of carbonyl (C=O) groups is 1. The van der Waals surface area contributed by atoms with Crippen LogP contribution in [-0.4, -0.2) is 56.8 Å². The molecule has 0 spiro atoms. The molecule has 6 nitrogen and oxygen atoms in total. The Morgan fingerprint density at radius 3 is 2.29 bits per heavy atom. The molecule has 2 aromatic carbocycles. The average Bonchev–Trinajstić information content (AvgIpc) is 2.70. The van der Waals surface area contributed by atoms with E-state index in [0.717, 1.165) is 0 Å². The second kappa shape index (κ2) is 8.81. The van der Waals surface area contributed by atoms with Crippen LogP contribution in [-0.2, 0) is 16.6 Å². The number of hydrogen-bond acceptors (Lipinski definition) is 4. The summed E-state index contributed by atoms with van der Waals surface area (Å²) in [6.07, 6.45) is 0. The van der Waals surface area contributed by atoms with Crippen molar-refractivity contribution >= 4 is 15.9 Å². The van der Waals surface area contributed by atoms with Crippen molar-refractivity contribution in [2.45, 2.75) is 18.4 Å². The van der Waals surface area contributed by atoms with Crippen LogP contribution in [0, 0.1) is 5.82 Å². The summed E-state index contributed by atoms with van der Waals surface area (Å²) >= 11 is 0. The number of nitrogens with zero attached hydrogens (tertiary/aromatic N) is 2. The maximum Gasteiger partial charge on any atom is 0.253 e. The predicted octanol–water partition coefficient (Wildman–Crippen LogP) is 2.08. The fourth-order valence-corrected chi connectivity index (χ4v) is 4.25. The van der Waals surface area contributed by atoms with E-state index in [1.807, 2.05) is 6.07 Å². The van der Waals surface area contributed by atoms with Gasteiger partial charge in [-0.25, -0.2) is 17.5 Å². The minimum absolute atomic E-state index is 0.127. The highest BCUT2D eigenvalue weighted by atomic mass is 32.2. The first kappa shape index (κ1) is 20.4. The van der Waals surface area contributed by atoms with Crippen molar-refractivity contribution in [1.29, 1.82) is 0 Å². The third kappa shape index (κ3) is 4.76. The number of hydrogen-bond donors (Lipinski definition) is 1. The molecular weight excluding hydrogens is 381 g/mol. The van der Waals surface area contributed by atoms with Crippen LogP contribution in [0.4, 0.5) is 4.39 Å². The van der Waals surface area contributed by atoms with Crippen LogP contribution in [0.1, 0.15) is 22.8 Å². The highest BCUT2D eigenvalue weighted by Crippen LogP contribution is 2.15. The summed E-state index contributed by atoms with van der Waals surface area (Å²) in [6.45, 7) is 4.95. The van der Waals surface area contributed by atoms with Gasteiger partial charge in [0.05, 0.1) is 4.90 Å². The largest absolute Gasteiger partial charge is 0.336 e. The van der Waals surface area contributed by atoms with Crippen molar-refractivity contribution in [2.75, 3.05) is 32.7 Å². The summed E-state index contributed by atoms with van der Waals surface area (Å²) in [5.41, 5.74) is 1.11. The lowest BCUT2D eigenvalue weighted by Gasteiger charge is -2.34. The van der Waals surface area contributed by atoms with Gasteiger partial charge in [-0.1, -0.05) is 25.1 Å². The molecule has 1 fully saturated rings. The highest BCUT2D eigenvalue weighted by molar-refractivity contribution is 7.89. The molecule has 1 saturated heterocycles. The van der Waals surface area contributed by atoms with Crippen LogP contribution in [0.25, 0.3) is 0 Å². The first-order valence-corrected chi connectivity index (χ1v) is 10.7. The molecule has 2 aromatic rings. The van der Waals surface area contributed by atoms with Crippen molar-refractivity contribution in [3.63, 3.8) is 0 Å². The Kier molecular flexibility index (Phi) is 6.43. The zero-order valence-corrected chi connectivity index (χ0v) is 16.6. The van der Waals surface area contributed by atoms with E-state index in [4.69, 9.17) is 0 Å². The SMILES string of the molecule is CCNS(=O)(=O)c1ccc(C(=O)N2CCN(Cc3ccccc3F)CC2)cc1. The Hall–Kier alpha value is -2.29. The van der Waals surface area contributed by atoms with E-state index < -0.39 is 10.0 Å². The van der Waals surface area contributed by atoms with Gasteiger partial charge in [0.2, 0.25) is 10.0 Å². The van der Waals surface area contributed by atoms with Crippen LogP contribution in [0.5, 0.6) is 0 Å². The van der Waals surface area contributed by atoms with E-state index in [9.17, 15) is 17.6 Å². The summed E-state index contributed by atoms with van der Waals surface area (Å²) in [5.74, 6) is -0.341. The Labute approximate surface area is 165 Å². The number of piperazine rings is 1. The molecule has 0 aliphatic carbocycles. The molecular formula is C20H24FN3O3S. The van der Waals surface area contributed by atoms with Crippen molar-refractivity contribution in [3.05, 3.63) is 65.5 Å². The molecule has 1 aliphatic heterocycles. The number of amides is 1. The summed E-state index contributed by atoms with van der Waals surface area (Å²) in [7, 11) is -3.53. The molecule has 0 radical (unpaired) electrons. The number of nitrogens with one attached hydrogen (secondary N) is 1. The van der Waals surface area contributed by atoms with Gasteiger partial charge in [0.1, 0.15) is 5.82 Å². The molecule has 0 bridgehead atoms. The van der Waals surface area contributed by atoms with E-state index in [2.05, 4.69) is 9.62 Å². The second-order valence-corrected chi connectivity index (χ2v) is 8.45. The minimum Gasteiger partial charge on any atom is -0.336 e. The first-order valence-electron chi connectivity index (χ1n) is 9.25. The van der Waals surface area contributed by atoms with Crippen molar-refractivity contribution < 1.29 is 17.6 Å². The normalized spacial score (nSPS) is 15.6. The van der Waals surface area contributed by atoms with E-state index in [1.54, 1.807) is 24.0 Å². The van der Waals surface area contributed by atoms with Crippen molar-refractivity contribution in [2.24, 2.45) is 0 Å². The van der Waals surface area contributed by atoms with Gasteiger partial charge in [0, 0.05) is 50.4 Å². The van der Waals surface area contributed by atoms with Crippen LogP contribution in [0.2, 0.25) is 0 Å². The zero-order chi connectivity index (χ0) is 20.1. The Balaban J connectivity index is 1.58. The smallest absolute Gasteiger partial charge is 0.253 e. The maximum absolute atomic E-state index is 13.8. The quantitative estimate of drug-likeness (QED) is 0.799. The molecule has 1 amide bonds. The number of carbonyl (C=O) groups excluding carboxylic acids is 1. The Bertz CT molecular complexity index is 924. The molecule has 3 rings (SSSR count). The van der Waals surface area contributed by atoms with Crippen LogP contribution < -0.4 is 4.72 Å². The summed E-state index contributed by atoms with van der Waals surface area (Å²) in [5, 5.41) is 0. The summed E-state index contributed by atoms with van der Waals surface area (Å²) in [6, 6.07) is 12.7. The maximum atomic E-state index is 13.8. The van der Waals surface area contributed by atoms with Gasteiger partial charge in [0.25, 0.3) is 5.91 Å². The number of sulfonamides is 1. The summed E-state index contributed by atoms with van der Waals surface area (Å²) in [4.78, 5) is 16.7. The van der Waals surface area contributed by atoms with Crippen molar-refractivity contribution in [1.82, 2.24) is 14.5 Å². The van der Waals surface area contributed by atoms with Gasteiger partial charge in [-0.3, -0.25) is 9.69 Å². The van der Waals surface area contributed by atoms with Gasteiger partial charge in [-0.2, -0.15) is 0 Å². The number of benzene rings is 2. The molecule has 1 heterocycles. The van der Waals surface area contributed by atoms with Gasteiger partial charge in [-0.15, -0.1) is 0 Å². The molecule has 1 N–H and O–H groups in total. The van der Waals surface area contributed by atoms with Gasteiger partial charge in [0.15, 0.2) is 0 Å². The van der Waals surface area contributed by atoms with E-state index in [0.29, 0.717) is 50.4 Å². The van der Waals surface area contributed by atoms with Crippen molar-refractivity contribution in [3.8, 4) is 0 Å². The number of halogens is 1. The number of rotatable bonds is 6. The fourth-order valence-electron chi connectivity index (χ4n) is 3.21. The van der Waals surface area contributed by atoms with Gasteiger partial charge >= 0.3 is 0 Å². The second-order valence-electron chi connectivity index (χ2n) is 6.69. The lowest BCUT2D eigenvalue weighted by atomic mass is 10.1. The van der Waals surface area contributed by atoms with E-state index in [1.165, 1.54) is 30.3 Å². The van der Waals surface area contributed by atoms with Gasteiger partial charge < -0.3 is 4.90 Å². The molecule has 0 aromatic heterocycles. The fraction of sp³-hybridized carbons (Fsp3) is 0.350. The molecule has 8 heteroatoms. The van der Waals surface area contributed by atoms with Gasteiger partial charge in [-0.05, 0) is 30.3 Å². The monoisotopic (exact) mass is 405 g/mol. The third-order valence-electron chi connectivity index (χ3n) is 4.76. The molecule has 0 saturated carbocycles. The third-order valence-corrected chi connectivity index (χ3v) is 6.32. The van der Waals surface area contributed by atoms with E-state index in [-0.39, 0.29) is 16.6 Å². The Morgan fingerprint density at radius 2 is 1.68 bits per heavy atom. The molecule has 28 heavy (non-hydrogen) atoms. The zero-order valence-electron chi connectivity index (χ0n) is 15.8. The molecule has 150 valence electrons. The molecule has 0 atom stereocenters. The topological polar surface area (TPSA) is 69.7 Å². The highest BCUT2D eigenvalue weighted by Gasteiger charge is 2.23. The standard InChI is InChI=1S/C20H24FN3O3S/c1-2-22-28(26,27)18-9-7-16(8-10-18)20(25)24-13-11-23(12-14-24)15-17-5-3-4-6-19(17)21/h3-10,22H,2,11-15H2,1H3. The Morgan fingerprint density at radius 1 is 1.04 bits per heavy atom.